The third kappa shape index (κ3) is 4.00. The van der Waals surface area contributed by atoms with Crippen LogP contribution in [-0.4, -0.2) is 35.3 Å². The second-order valence-electron chi connectivity index (χ2n) is 5.57. The number of carbonyl (C=O) groups is 1. The van der Waals surface area contributed by atoms with Gasteiger partial charge in [0.15, 0.2) is 11.5 Å². The Bertz CT molecular complexity index is 809. The van der Waals surface area contributed by atoms with Gasteiger partial charge in [0.2, 0.25) is 6.79 Å². The summed E-state index contributed by atoms with van der Waals surface area (Å²) in [7, 11) is 0. The number of carbonyl (C=O) groups excluding carboxylic acids is 1. The Labute approximate surface area is 149 Å². The highest BCUT2D eigenvalue weighted by molar-refractivity contribution is 5.90. The minimum absolute atomic E-state index is 0.0853. The molecule has 3 rings (SSSR count). The monoisotopic (exact) mass is 359 g/mol. The molecule has 1 aliphatic heterocycles. The van der Waals surface area contributed by atoms with Crippen LogP contribution < -0.4 is 14.8 Å². The van der Waals surface area contributed by atoms with Crippen molar-refractivity contribution in [1.29, 1.82) is 0 Å². The Hall–Kier alpha value is -3.36. The lowest BCUT2D eigenvalue weighted by Crippen LogP contribution is -2.26. The number of hydrogen-bond acceptors (Lipinski definition) is 8. The van der Waals surface area contributed by atoms with Crippen LogP contribution in [0.25, 0.3) is 0 Å². The van der Waals surface area contributed by atoms with Crippen LogP contribution in [0.4, 0.5) is 11.5 Å². The molecule has 9 nitrogen and oxygen atoms in total. The van der Waals surface area contributed by atoms with Gasteiger partial charge < -0.3 is 19.5 Å². The first-order valence-corrected chi connectivity index (χ1v) is 8.00. The molecular weight excluding hydrogens is 342 g/mol. The molecule has 0 bridgehead atoms. The summed E-state index contributed by atoms with van der Waals surface area (Å²) in [5.41, 5.74) is 0.287. The normalized spacial score (nSPS) is 13.1. The molecule has 1 aromatic heterocycles. The molecule has 0 amide bonds. The quantitative estimate of drug-likeness (QED) is 0.456. The Morgan fingerprint density at radius 2 is 2.15 bits per heavy atom. The molecule has 1 unspecified atom stereocenters. The van der Waals surface area contributed by atoms with Crippen LogP contribution in [0, 0.1) is 10.1 Å². The molecule has 1 atom stereocenters. The van der Waals surface area contributed by atoms with E-state index < -0.39 is 10.9 Å². The van der Waals surface area contributed by atoms with Crippen LogP contribution in [0.3, 0.4) is 0 Å². The zero-order valence-electron chi connectivity index (χ0n) is 14.0. The molecule has 1 aromatic carbocycles. The van der Waals surface area contributed by atoms with Crippen molar-refractivity contribution in [2.24, 2.45) is 0 Å². The van der Waals surface area contributed by atoms with E-state index in [1.54, 1.807) is 18.2 Å². The minimum Gasteiger partial charge on any atom is -0.460 e. The highest BCUT2D eigenvalue weighted by Gasteiger charge is 2.18. The molecule has 2 aromatic rings. The molecule has 0 radical (unpaired) electrons. The molecular formula is C17H17N3O6. The number of nitrogens with zero attached hydrogens (tertiary/aromatic N) is 2. The Morgan fingerprint density at radius 1 is 1.35 bits per heavy atom. The zero-order valence-corrected chi connectivity index (χ0v) is 14.0. The summed E-state index contributed by atoms with van der Waals surface area (Å²) < 4.78 is 15.8. The second-order valence-corrected chi connectivity index (χ2v) is 5.57. The van der Waals surface area contributed by atoms with Gasteiger partial charge in [-0.05, 0) is 30.7 Å². The summed E-state index contributed by atoms with van der Waals surface area (Å²) in [6.07, 6.45) is 1.85. The number of benzene rings is 1. The molecule has 0 spiro atoms. The lowest BCUT2D eigenvalue weighted by Gasteiger charge is -2.17. The van der Waals surface area contributed by atoms with Crippen molar-refractivity contribution in [3.05, 3.63) is 52.2 Å². The van der Waals surface area contributed by atoms with Gasteiger partial charge in [0.05, 0.1) is 16.5 Å². The number of ether oxygens (including phenoxy) is 3. The van der Waals surface area contributed by atoms with Crippen molar-refractivity contribution in [2.75, 3.05) is 18.7 Å². The van der Waals surface area contributed by atoms with E-state index in [1.165, 1.54) is 18.3 Å². The maximum atomic E-state index is 12.2. The van der Waals surface area contributed by atoms with Gasteiger partial charge in [-0.3, -0.25) is 10.1 Å². The van der Waals surface area contributed by atoms with E-state index in [0.29, 0.717) is 29.3 Å². The standard InChI is InChI=1S/C17H17N3O6/c1-2-12(19-16-6-4-13(8-18-16)20(22)23)9-24-17(21)11-3-5-14-15(7-11)26-10-25-14/h3-8,12H,2,9-10H2,1H3,(H,18,19). The van der Waals surface area contributed by atoms with Gasteiger partial charge in [0, 0.05) is 6.07 Å². The summed E-state index contributed by atoms with van der Waals surface area (Å²) in [5.74, 6) is 1.11. The van der Waals surface area contributed by atoms with Crippen LogP contribution in [-0.2, 0) is 4.74 Å². The average molecular weight is 359 g/mol. The van der Waals surface area contributed by atoms with Gasteiger partial charge in [-0.1, -0.05) is 6.92 Å². The van der Waals surface area contributed by atoms with Crippen molar-refractivity contribution in [1.82, 2.24) is 4.98 Å². The molecule has 0 saturated heterocycles. The van der Waals surface area contributed by atoms with Crippen molar-refractivity contribution in [2.45, 2.75) is 19.4 Å². The van der Waals surface area contributed by atoms with Crippen LogP contribution in [0.1, 0.15) is 23.7 Å². The van der Waals surface area contributed by atoms with E-state index in [9.17, 15) is 14.9 Å². The Morgan fingerprint density at radius 3 is 2.85 bits per heavy atom. The number of fused-ring (bicyclic) bond motifs is 1. The number of aromatic nitrogens is 1. The molecule has 1 aliphatic rings. The van der Waals surface area contributed by atoms with Gasteiger partial charge >= 0.3 is 5.97 Å². The predicted octanol–water partition coefficient (Wildman–Crippen LogP) is 2.77. The number of nitro groups is 1. The fraction of sp³-hybridized carbons (Fsp3) is 0.294. The van der Waals surface area contributed by atoms with E-state index in [0.717, 1.165) is 0 Å². The van der Waals surface area contributed by atoms with Crippen molar-refractivity contribution in [3.8, 4) is 11.5 Å². The number of hydrogen-bond donors (Lipinski definition) is 1. The van der Waals surface area contributed by atoms with Gasteiger partial charge in [-0.25, -0.2) is 9.78 Å². The summed E-state index contributed by atoms with van der Waals surface area (Å²) in [6, 6.07) is 7.55. The number of nitrogens with one attached hydrogen (secondary N) is 1. The first kappa shape index (κ1) is 17.5. The highest BCUT2D eigenvalue weighted by atomic mass is 16.7. The average Bonchev–Trinajstić information content (AvgIpc) is 3.13. The smallest absolute Gasteiger partial charge is 0.338 e. The van der Waals surface area contributed by atoms with Crippen molar-refractivity contribution in [3.63, 3.8) is 0 Å². The minimum atomic E-state index is -0.513. The Kier molecular flexibility index (Phi) is 5.16. The molecule has 0 fully saturated rings. The van der Waals surface area contributed by atoms with E-state index in [4.69, 9.17) is 14.2 Å². The van der Waals surface area contributed by atoms with E-state index in [1.807, 2.05) is 6.92 Å². The first-order chi connectivity index (χ1) is 12.6. The molecule has 0 aliphatic carbocycles. The fourth-order valence-corrected chi connectivity index (χ4v) is 2.33. The topological polar surface area (TPSA) is 113 Å². The lowest BCUT2D eigenvalue weighted by molar-refractivity contribution is -0.385. The van der Waals surface area contributed by atoms with Gasteiger partial charge in [0.1, 0.15) is 18.6 Å². The lowest BCUT2D eigenvalue weighted by atomic mass is 10.2. The third-order valence-electron chi connectivity index (χ3n) is 3.83. The summed E-state index contributed by atoms with van der Waals surface area (Å²) in [5, 5.41) is 13.7. The van der Waals surface area contributed by atoms with Crippen LogP contribution >= 0.6 is 0 Å². The first-order valence-electron chi connectivity index (χ1n) is 8.00. The van der Waals surface area contributed by atoms with Gasteiger partial charge in [0.25, 0.3) is 5.69 Å². The van der Waals surface area contributed by atoms with Gasteiger partial charge in [-0.2, -0.15) is 0 Å². The van der Waals surface area contributed by atoms with E-state index >= 15 is 0 Å². The molecule has 9 heteroatoms. The van der Waals surface area contributed by atoms with Crippen LogP contribution in [0.15, 0.2) is 36.5 Å². The van der Waals surface area contributed by atoms with Gasteiger partial charge in [-0.15, -0.1) is 0 Å². The summed E-state index contributed by atoms with van der Waals surface area (Å²) in [6.45, 7) is 2.19. The SMILES string of the molecule is CCC(COC(=O)c1ccc2c(c1)OCO2)Nc1ccc([N+](=O)[O-])cn1. The van der Waals surface area contributed by atoms with Crippen molar-refractivity contribution < 1.29 is 23.9 Å². The van der Waals surface area contributed by atoms with E-state index in [-0.39, 0.29) is 25.1 Å². The molecule has 136 valence electrons. The third-order valence-corrected chi connectivity index (χ3v) is 3.83. The maximum Gasteiger partial charge on any atom is 0.338 e. The maximum absolute atomic E-state index is 12.2. The summed E-state index contributed by atoms with van der Waals surface area (Å²) >= 11 is 0. The van der Waals surface area contributed by atoms with Crippen molar-refractivity contribution >= 4 is 17.5 Å². The molecule has 1 N–H and O–H groups in total. The molecule has 26 heavy (non-hydrogen) atoms. The van der Waals surface area contributed by atoms with E-state index in [2.05, 4.69) is 10.3 Å². The number of esters is 1. The number of rotatable bonds is 7. The number of anilines is 1. The molecule has 0 saturated carbocycles. The second kappa shape index (κ2) is 7.68. The number of pyridine rings is 1. The molecule has 2 heterocycles. The largest absolute Gasteiger partial charge is 0.460 e. The fourth-order valence-electron chi connectivity index (χ4n) is 2.33. The Balaban J connectivity index is 1.56. The predicted molar refractivity (Wildman–Crippen MR) is 91.4 cm³/mol. The van der Waals surface area contributed by atoms with Crippen LogP contribution in [0.2, 0.25) is 0 Å². The highest BCUT2D eigenvalue weighted by Crippen LogP contribution is 2.32. The summed E-state index contributed by atoms with van der Waals surface area (Å²) in [4.78, 5) is 26.3. The zero-order chi connectivity index (χ0) is 18.5. The van der Waals surface area contributed by atoms with Crippen LogP contribution in [0.5, 0.6) is 11.5 Å².